The number of rotatable bonds is 9. The number of nitrogens with one attached hydrogen (secondary N) is 1. The quantitative estimate of drug-likeness (QED) is 0.526. The molecule has 8 heteroatoms. The Balaban J connectivity index is 1.58. The number of carbonyl (C=O) groups is 3. The summed E-state index contributed by atoms with van der Waals surface area (Å²) < 4.78 is 15.9. The van der Waals surface area contributed by atoms with Gasteiger partial charge in [-0.05, 0) is 68.2 Å². The Morgan fingerprint density at radius 2 is 1.85 bits per heavy atom. The summed E-state index contributed by atoms with van der Waals surface area (Å²) in [5.41, 5.74) is 3.42. The molecule has 0 radical (unpaired) electrons. The van der Waals surface area contributed by atoms with Crippen molar-refractivity contribution in [3.63, 3.8) is 0 Å². The van der Waals surface area contributed by atoms with Gasteiger partial charge in [0.25, 0.3) is 5.91 Å². The van der Waals surface area contributed by atoms with Crippen LogP contribution in [0.4, 0.5) is 5.00 Å². The maximum atomic E-state index is 12.5. The Labute approximate surface area is 198 Å². The van der Waals surface area contributed by atoms with Crippen LogP contribution in [0, 0.1) is 6.92 Å². The zero-order valence-electron chi connectivity index (χ0n) is 19.6. The van der Waals surface area contributed by atoms with E-state index in [1.807, 2.05) is 39.0 Å². The van der Waals surface area contributed by atoms with E-state index in [4.69, 9.17) is 14.2 Å². The average Bonchev–Trinajstić information content (AvgIpc) is 3.14. The summed E-state index contributed by atoms with van der Waals surface area (Å²) in [5, 5.41) is 3.19. The fourth-order valence-electron chi connectivity index (χ4n) is 3.80. The van der Waals surface area contributed by atoms with Gasteiger partial charge in [0.15, 0.2) is 13.2 Å². The van der Waals surface area contributed by atoms with Crippen LogP contribution in [0.25, 0.3) is 0 Å². The lowest BCUT2D eigenvalue weighted by Gasteiger charge is -2.14. The molecule has 0 aliphatic heterocycles. The van der Waals surface area contributed by atoms with Gasteiger partial charge in [-0.1, -0.05) is 26.0 Å². The van der Waals surface area contributed by atoms with Crippen molar-refractivity contribution in [2.45, 2.75) is 59.3 Å². The molecular formula is C25H31NO6S. The molecule has 1 amide bonds. The second kappa shape index (κ2) is 11.3. The topological polar surface area (TPSA) is 90.9 Å². The molecule has 1 heterocycles. The molecule has 0 saturated heterocycles. The molecule has 178 valence electrons. The summed E-state index contributed by atoms with van der Waals surface area (Å²) >= 11 is 1.39. The molecule has 0 fully saturated rings. The first kappa shape index (κ1) is 24.8. The monoisotopic (exact) mass is 473 g/mol. The molecule has 1 aliphatic rings. The lowest BCUT2D eigenvalue weighted by Crippen LogP contribution is -2.24. The van der Waals surface area contributed by atoms with E-state index in [1.165, 1.54) is 11.3 Å². The largest absolute Gasteiger partial charge is 0.482 e. The molecular weight excluding hydrogens is 442 g/mol. The second-order valence-corrected chi connectivity index (χ2v) is 9.43. The number of ether oxygens (including phenoxy) is 3. The first-order valence-corrected chi connectivity index (χ1v) is 12.1. The van der Waals surface area contributed by atoms with Gasteiger partial charge in [0.2, 0.25) is 0 Å². The first-order valence-electron chi connectivity index (χ1n) is 11.3. The summed E-state index contributed by atoms with van der Waals surface area (Å²) in [5.74, 6) is -0.706. The van der Waals surface area contributed by atoms with E-state index in [0.29, 0.717) is 16.3 Å². The van der Waals surface area contributed by atoms with E-state index in [2.05, 4.69) is 5.32 Å². The lowest BCUT2D eigenvalue weighted by atomic mass is 9.95. The number of esters is 2. The highest BCUT2D eigenvalue weighted by atomic mass is 32.1. The molecule has 0 atom stereocenters. The summed E-state index contributed by atoms with van der Waals surface area (Å²) in [4.78, 5) is 38.2. The fourth-order valence-corrected chi connectivity index (χ4v) is 5.10. The number of hydrogen-bond donors (Lipinski definition) is 1. The minimum atomic E-state index is -0.641. The SMILES string of the molecule is CCOC(=O)c1c(NC(=O)COC(=O)COc2cc(C)ccc2C(C)C)sc2c1CCCC2. The maximum Gasteiger partial charge on any atom is 0.344 e. The second-order valence-electron chi connectivity index (χ2n) is 8.33. The molecule has 2 aromatic rings. The van der Waals surface area contributed by atoms with Crippen LogP contribution in [0.2, 0.25) is 0 Å². The van der Waals surface area contributed by atoms with Gasteiger partial charge >= 0.3 is 11.9 Å². The molecule has 1 N–H and O–H groups in total. The summed E-state index contributed by atoms with van der Waals surface area (Å²) in [6.07, 6.45) is 3.73. The van der Waals surface area contributed by atoms with Crippen molar-refractivity contribution in [2.24, 2.45) is 0 Å². The van der Waals surface area contributed by atoms with Crippen LogP contribution in [-0.2, 0) is 31.9 Å². The Kier molecular flexibility index (Phi) is 8.49. The zero-order valence-corrected chi connectivity index (χ0v) is 20.4. The van der Waals surface area contributed by atoms with E-state index in [9.17, 15) is 14.4 Å². The maximum absolute atomic E-state index is 12.5. The predicted octanol–water partition coefficient (Wildman–Crippen LogP) is 4.80. The molecule has 0 spiro atoms. The van der Waals surface area contributed by atoms with Gasteiger partial charge < -0.3 is 19.5 Å². The third-order valence-corrected chi connectivity index (χ3v) is 6.61. The number of carbonyl (C=O) groups excluding carboxylic acids is 3. The minimum absolute atomic E-state index is 0.243. The van der Waals surface area contributed by atoms with E-state index >= 15 is 0 Å². The smallest absolute Gasteiger partial charge is 0.344 e. The van der Waals surface area contributed by atoms with Gasteiger partial charge in [-0.2, -0.15) is 0 Å². The van der Waals surface area contributed by atoms with Crippen LogP contribution >= 0.6 is 11.3 Å². The van der Waals surface area contributed by atoms with Crippen LogP contribution in [-0.4, -0.2) is 37.7 Å². The lowest BCUT2D eigenvalue weighted by molar-refractivity contribution is -0.149. The molecule has 7 nitrogen and oxygen atoms in total. The highest BCUT2D eigenvalue weighted by Crippen LogP contribution is 2.38. The third kappa shape index (κ3) is 6.35. The van der Waals surface area contributed by atoms with Gasteiger partial charge in [0.1, 0.15) is 10.8 Å². The van der Waals surface area contributed by atoms with Crippen molar-refractivity contribution in [1.82, 2.24) is 0 Å². The number of benzene rings is 1. The molecule has 0 unspecified atom stereocenters. The standard InChI is InChI=1S/C25H31NO6S/c1-5-30-25(29)23-18-8-6-7-9-20(18)33-24(23)26-21(27)13-32-22(28)14-31-19-12-16(4)10-11-17(19)15(2)3/h10-12,15H,5-9,13-14H2,1-4H3,(H,26,27). The van der Waals surface area contributed by atoms with E-state index in [1.54, 1.807) is 6.92 Å². The Morgan fingerprint density at radius 1 is 1.09 bits per heavy atom. The molecule has 0 saturated carbocycles. The Hall–Kier alpha value is -2.87. The first-order chi connectivity index (χ1) is 15.8. The number of aryl methyl sites for hydroxylation is 2. The molecule has 0 bridgehead atoms. The number of amides is 1. The molecule has 3 rings (SSSR count). The van der Waals surface area contributed by atoms with Gasteiger partial charge in [-0.3, -0.25) is 4.79 Å². The fraction of sp³-hybridized carbons (Fsp3) is 0.480. The number of hydrogen-bond acceptors (Lipinski definition) is 7. The Bertz CT molecular complexity index is 1030. The molecule has 1 aromatic carbocycles. The summed E-state index contributed by atoms with van der Waals surface area (Å²) in [7, 11) is 0. The normalized spacial score (nSPS) is 12.8. The highest BCUT2D eigenvalue weighted by molar-refractivity contribution is 7.17. The number of fused-ring (bicyclic) bond motifs is 1. The average molecular weight is 474 g/mol. The highest BCUT2D eigenvalue weighted by Gasteiger charge is 2.27. The van der Waals surface area contributed by atoms with Crippen LogP contribution in [0.1, 0.15) is 71.5 Å². The van der Waals surface area contributed by atoms with Crippen molar-refractivity contribution in [2.75, 3.05) is 25.1 Å². The molecule has 1 aromatic heterocycles. The van der Waals surface area contributed by atoms with Crippen molar-refractivity contribution >= 4 is 34.2 Å². The van der Waals surface area contributed by atoms with Crippen LogP contribution in [0.3, 0.4) is 0 Å². The molecule has 33 heavy (non-hydrogen) atoms. The van der Waals surface area contributed by atoms with Gasteiger partial charge in [0, 0.05) is 4.88 Å². The van der Waals surface area contributed by atoms with Crippen molar-refractivity contribution in [1.29, 1.82) is 0 Å². The van der Waals surface area contributed by atoms with E-state index in [0.717, 1.165) is 47.3 Å². The zero-order chi connectivity index (χ0) is 24.0. The minimum Gasteiger partial charge on any atom is -0.482 e. The predicted molar refractivity (Wildman–Crippen MR) is 127 cm³/mol. The summed E-state index contributed by atoms with van der Waals surface area (Å²) in [6.45, 7) is 7.30. The third-order valence-electron chi connectivity index (χ3n) is 5.40. The van der Waals surface area contributed by atoms with Crippen molar-refractivity contribution in [3.05, 3.63) is 45.3 Å². The van der Waals surface area contributed by atoms with Gasteiger partial charge in [-0.15, -0.1) is 11.3 Å². The number of anilines is 1. The summed E-state index contributed by atoms with van der Waals surface area (Å²) in [6, 6.07) is 5.86. The molecule has 1 aliphatic carbocycles. The van der Waals surface area contributed by atoms with Crippen LogP contribution < -0.4 is 10.1 Å². The van der Waals surface area contributed by atoms with E-state index in [-0.39, 0.29) is 19.1 Å². The van der Waals surface area contributed by atoms with Crippen molar-refractivity contribution < 1.29 is 28.6 Å². The van der Waals surface area contributed by atoms with Gasteiger partial charge in [-0.25, -0.2) is 9.59 Å². The van der Waals surface area contributed by atoms with Crippen LogP contribution in [0.15, 0.2) is 18.2 Å². The van der Waals surface area contributed by atoms with Crippen LogP contribution in [0.5, 0.6) is 5.75 Å². The number of thiophene rings is 1. The van der Waals surface area contributed by atoms with E-state index < -0.39 is 24.5 Å². The van der Waals surface area contributed by atoms with Gasteiger partial charge in [0.05, 0.1) is 12.2 Å². The van der Waals surface area contributed by atoms with Crippen molar-refractivity contribution in [3.8, 4) is 5.75 Å². The Morgan fingerprint density at radius 3 is 2.58 bits per heavy atom.